The highest BCUT2D eigenvalue weighted by molar-refractivity contribution is 6.42. The van der Waals surface area contributed by atoms with Crippen molar-refractivity contribution in [2.45, 2.75) is 30.6 Å². The first-order valence-electron chi connectivity index (χ1n) is 12.9. The lowest BCUT2D eigenvalue weighted by atomic mass is 9.75. The molecule has 1 fully saturated rings. The molecular weight excluding hydrogens is 508 g/mol. The second-order valence-electron chi connectivity index (χ2n) is 10.3. The van der Waals surface area contributed by atoms with E-state index in [9.17, 15) is 9.18 Å². The van der Waals surface area contributed by atoms with Crippen LogP contribution in [-0.4, -0.2) is 50.6 Å². The smallest absolute Gasteiger partial charge is 0.253 e. The number of piperidine rings is 1. The normalized spacial score (nSPS) is 17.0. The number of rotatable bonds is 7. The Hall–Kier alpha value is -2.60. The van der Waals surface area contributed by atoms with E-state index in [1.807, 2.05) is 61.6 Å². The molecule has 1 N–H and O–H groups in total. The number of hydrogen-bond donors (Lipinski definition) is 1. The van der Waals surface area contributed by atoms with Crippen LogP contribution in [0, 0.1) is 5.82 Å². The summed E-state index contributed by atoms with van der Waals surface area (Å²) in [6.07, 6.45) is 2.88. The number of carbonyl (C=O) groups excluding carboxylic acids is 1. The Kier molecular flexibility index (Phi) is 7.75. The zero-order valence-electron chi connectivity index (χ0n) is 21.0. The van der Waals surface area contributed by atoms with E-state index in [1.165, 1.54) is 5.56 Å². The minimum Gasteiger partial charge on any atom is -0.370 e. The van der Waals surface area contributed by atoms with E-state index in [4.69, 9.17) is 23.2 Å². The first kappa shape index (κ1) is 26.0. The van der Waals surface area contributed by atoms with Gasteiger partial charge in [0.1, 0.15) is 5.82 Å². The molecule has 2 heterocycles. The molecule has 0 unspecified atom stereocenters. The van der Waals surface area contributed by atoms with Crippen LogP contribution in [0.1, 0.15) is 46.7 Å². The van der Waals surface area contributed by atoms with E-state index in [0.29, 0.717) is 22.2 Å². The quantitative estimate of drug-likeness (QED) is 0.371. The Morgan fingerprint density at radius 3 is 2.54 bits per heavy atom. The molecule has 0 aliphatic carbocycles. The molecule has 5 rings (SSSR count). The Labute approximate surface area is 228 Å². The van der Waals surface area contributed by atoms with Gasteiger partial charge in [-0.15, -0.1) is 0 Å². The molecule has 0 radical (unpaired) electrons. The van der Waals surface area contributed by atoms with E-state index >= 15 is 0 Å². The molecule has 37 heavy (non-hydrogen) atoms. The predicted molar refractivity (Wildman–Crippen MR) is 150 cm³/mol. The fourth-order valence-electron chi connectivity index (χ4n) is 5.94. The molecule has 1 amide bonds. The van der Waals surface area contributed by atoms with E-state index in [2.05, 4.69) is 10.2 Å². The van der Waals surface area contributed by atoms with E-state index in [0.717, 1.165) is 56.7 Å². The van der Waals surface area contributed by atoms with Gasteiger partial charge in [0, 0.05) is 49.3 Å². The molecule has 3 aromatic rings. The topological polar surface area (TPSA) is 35.6 Å². The molecule has 3 aromatic carbocycles. The standard InChI is InChI=1S/C30H32Cl2FN3O/c1-35(29(37)21-5-3-2-4-6-21)19-23(22-7-10-26(31)27(32)17-22)11-16-36-20-30(12-14-34-15-13-30)25-9-8-24(33)18-28(25)36/h2-10,17-18,23,34H,11-16,19-20H2,1H3/t23-/m1/s1. The number of fused-ring (bicyclic) bond motifs is 2. The van der Waals surface area contributed by atoms with Gasteiger partial charge in [-0.3, -0.25) is 4.79 Å². The number of hydrogen-bond acceptors (Lipinski definition) is 3. The molecule has 4 nitrogen and oxygen atoms in total. The number of likely N-dealkylation sites (N-methyl/N-ethyl adjacent to an activating group) is 1. The largest absolute Gasteiger partial charge is 0.370 e. The van der Waals surface area contributed by atoms with Gasteiger partial charge in [0.15, 0.2) is 0 Å². The lowest BCUT2D eigenvalue weighted by Crippen LogP contribution is -2.43. The van der Waals surface area contributed by atoms with Gasteiger partial charge in [-0.2, -0.15) is 0 Å². The monoisotopic (exact) mass is 539 g/mol. The number of amides is 1. The van der Waals surface area contributed by atoms with E-state index in [-0.39, 0.29) is 23.1 Å². The molecule has 0 aromatic heterocycles. The first-order valence-corrected chi connectivity index (χ1v) is 13.6. The number of halogens is 3. The van der Waals surface area contributed by atoms with Crippen LogP contribution in [0.2, 0.25) is 10.0 Å². The summed E-state index contributed by atoms with van der Waals surface area (Å²) in [5, 5.41) is 4.48. The Morgan fingerprint density at radius 2 is 1.81 bits per heavy atom. The second kappa shape index (κ2) is 11.0. The maximum Gasteiger partial charge on any atom is 0.253 e. The van der Waals surface area contributed by atoms with Gasteiger partial charge in [0.25, 0.3) is 5.91 Å². The van der Waals surface area contributed by atoms with Crippen molar-refractivity contribution >= 4 is 34.8 Å². The highest BCUT2D eigenvalue weighted by Gasteiger charge is 2.43. The summed E-state index contributed by atoms with van der Waals surface area (Å²) in [5.41, 5.74) is 4.03. The maximum absolute atomic E-state index is 14.3. The SMILES string of the molecule is CN(C[C@@H](CCN1CC2(CCNCC2)c2ccc(F)cc21)c1ccc(Cl)c(Cl)c1)C(=O)c1ccccc1. The van der Waals surface area contributed by atoms with E-state index < -0.39 is 0 Å². The molecular formula is C30H32Cl2FN3O. The van der Waals surface area contributed by atoms with Gasteiger partial charge in [0.05, 0.1) is 10.0 Å². The fraction of sp³-hybridized carbons (Fsp3) is 0.367. The molecule has 1 atom stereocenters. The van der Waals surface area contributed by atoms with Gasteiger partial charge in [-0.25, -0.2) is 4.39 Å². The summed E-state index contributed by atoms with van der Waals surface area (Å²) in [5.74, 6) is -0.189. The van der Waals surface area contributed by atoms with Crippen molar-refractivity contribution in [1.29, 1.82) is 0 Å². The highest BCUT2D eigenvalue weighted by Crippen LogP contribution is 2.46. The van der Waals surface area contributed by atoms with Crippen molar-refractivity contribution in [3.05, 3.63) is 99.3 Å². The summed E-state index contributed by atoms with van der Waals surface area (Å²) in [6, 6.07) is 20.3. The summed E-state index contributed by atoms with van der Waals surface area (Å²) in [6.45, 7) is 4.13. The van der Waals surface area contributed by atoms with Crippen LogP contribution in [0.25, 0.3) is 0 Å². The van der Waals surface area contributed by atoms with Gasteiger partial charge >= 0.3 is 0 Å². The summed E-state index contributed by atoms with van der Waals surface area (Å²) >= 11 is 12.6. The third kappa shape index (κ3) is 5.50. The fourth-order valence-corrected chi connectivity index (χ4v) is 6.25. The molecule has 0 saturated carbocycles. The zero-order chi connectivity index (χ0) is 26.0. The lowest BCUT2D eigenvalue weighted by molar-refractivity contribution is 0.0785. The third-order valence-corrected chi connectivity index (χ3v) is 8.69. The van der Waals surface area contributed by atoms with E-state index in [1.54, 1.807) is 17.0 Å². The molecule has 1 saturated heterocycles. The average Bonchev–Trinajstić information content (AvgIpc) is 3.20. The Balaban J connectivity index is 1.38. The van der Waals surface area contributed by atoms with Crippen LogP contribution in [0.3, 0.4) is 0 Å². The van der Waals surface area contributed by atoms with Gasteiger partial charge in [-0.1, -0.05) is 53.5 Å². The highest BCUT2D eigenvalue weighted by atomic mass is 35.5. The molecule has 194 valence electrons. The lowest BCUT2D eigenvalue weighted by Gasteiger charge is -2.35. The molecule has 1 spiro atoms. The minimum absolute atomic E-state index is 0.0205. The number of nitrogens with one attached hydrogen (secondary N) is 1. The number of carbonyl (C=O) groups is 1. The van der Waals surface area contributed by atoms with Crippen LogP contribution in [0.4, 0.5) is 10.1 Å². The maximum atomic E-state index is 14.3. The van der Waals surface area contributed by atoms with Crippen molar-refractivity contribution in [3.63, 3.8) is 0 Å². The second-order valence-corrected chi connectivity index (χ2v) is 11.1. The van der Waals surface area contributed by atoms with Crippen molar-refractivity contribution < 1.29 is 9.18 Å². The van der Waals surface area contributed by atoms with Crippen molar-refractivity contribution in [3.8, 4) is 0 Å². The molecule has 7 heteroatoms. The van der Waals surface area contributed by atoms with Gasteiger partial charge in [-0.05, 0) is 79.9 Å². The summed E-state index contributed by atoms with van der Waals surface area (Å²) < 4.78 is 14.3. The molecule has 2 aliphatic heterocycles. The Bertz CT molecular complexity index is 1260. The van der Waals surface area contributed by atoms with Crippen molar-refractivity contribution in [2.24, 2.45) is 0 Å². The van der Waals surface area contributed by atoms with Crippen LogP contribution in [0.15, 0.2) is 66.7 Å². The van der Waals surface area contributed by atoms with Crippen LogP contribution >= 0.6 is 23.2 Å². The van der Waals surface area contributed by atoms with Crippen LogP contribution in [-0.2, 0) is 5.41 Å². The minimum atomic E-state index is -0.205. The van der Waals surface area contributed by atoms with Crippen LogP contribution in [0.5, 0.6) is 0 Å². The van der Waals surface area contributed by atoms with Gasteiger partial charge < -0.3 is 15.1 Å². The van der Waals surface area contributed by atoms with Crippen molar-refractivity contribution in [2.75, 3.05) is 44.7 Å². The van der Waals surface area contributed by atoms with Crippen molar-refractivity contribution in [1.82, 2.24) is 10.2 Å². The molecule has 2 aliphatic rings. The summed E-state index contributed by atoms with van der Waals surface area (Å²) in [4.78, 5) is 17.2. The summed E-state index contributed by atoms with van der Waals surface area (Å²) in [7, 11) is 1.84. The predicted octanol–water partition coefficient (Wildman–Crippen LogP) is 6.52. The van der Waals surface area contributed by atoms with Crippen LogP contribution < -0.4 is 10.2 Å². The number of anilines is 1. The number of nitrogens with zero attached hydrogens (tertiary/aromatic N) is 2. The first-order chi connectivity index (χ1) is 17.9. The third-order valence-electron chi connectivity index (χ3n) is 7.95. The average molecular weight is 541 g/mol. The van der Waals surface area contributed by atoms with Gasteiger partial charge in [0.2, 0.25) is 0 Å². The zero-order valence-corrected chi connectivity index (χ0v) is 22.5. The Morgan fingerprint density at radius 1 is 1.05 bits per heavy atom. The molecule has 0 bridgehead atoms. The number of benzene rings is 3.